The van der Waals surface area contributed by atoms with Gasteiger partial charge in [0.05, 0.1) is 11.4 Å². The van der Waals surface area contributed by atoms with E-state index in [0.29, 0.717) is 24.3 Å². The number of aromatic amines is 1. The van der Waals surface area contributed by atoms with Crippen molar-refractivity contribution in [2.45, 2.75) is 6.42 Å². The first-order valence-corrected chi connectivity index (χ1v) is 6.01. The first-order valence-electron chi connectivity index (χ1n) is 6.01. The Morgan fingerprint density at radius 1 is 1.32 bits per heavy atom. The maximum atomic E-state index is 11.9. The fourth-order valence-electron chi connectivity index (χ4n) is 1.97. The van der Waals surface area contributed by atoms with Crippen molar-refractivity contribution in [2.24, 2.45) is 5.73 Å². The van der Waals surface area contributed by atoms with Crippen LogP contribution in [0.4, 0.5) is 0 Å². The van der Waals surface area contributed by atoms with Crippen LogP contribution >= 0.6 is 0 Å². The normalized spacial score (nSPS) is 11.0. The van der Waals surface area contributed by atoms with E-state index in [9.17, 15) is 4.79 Å². The van der Waals surface area contributed by atoms with E-state index in [-0.39, 0.29) is 5.56 Å². The third-order valence-electron chi connectivity index (χ3n) is 2.84. The molecule has 3 aromatic heterocycles. The summed E-state index contributed by atoms with van der Waals surface area (Å²) in [6.45, 7) is 0.472. The Hall–Kier alpha value is -2.47. The van der Waals surface area contributed by atoms with Gasteiger partial charge in [-0.25, -0.2) is 9.50 Å². The lowest BCUT2D eigenvalue weighted by Crippen LogP contribution is -2.17. The molecule has 0 aliphatic carbocycles. The van der Waals surface area contributed by atoms with Gasteiger partial charge in [0.2, 0.25) is 0 Å². The quantitative estimate of drug-likeness (QED) is 0.716. The van der Waals surface area contributed by atoms with Gasteiger partial charge in [0, 0.05) is 30.4 Å². The predicted octanol–water partition coefficient (Wildman–Crippen LogP) is 0.586. The second kappa shape index (κ2) is 4.66. The number of nitrogens with two attached hydrogens (primary N) is 1. The number of rotatable bonds is 3. The van der Waals surface area contributed by atoms with Crippen molar-refractivity contribution >= 4 is 5.65 Å². The molecule has 0 amide bonds. The van der Waals surface area contributed by atoms with E-state index in [2.05, 4.69) is 15.1 Å². The zero-order valence-electron chi connectivity index (χ0n) is 10.2. The molecule has 3 rings (SSSR count). The summed E-state index contributed by atoms with van der Waals surface area (Å²) in [7, 11) is 0. The van der Waals surface area contributed by atoms with Crippen molar-refractivity contribution in [2.75, 3.05) is 6.54 Å². The molecule has 0 aliphatic rings. The molecule has 6 nitrogen and oxygen atoms in total. The largest absolute Gasteiger partial charge is 0.330 e. The Morgan fingerprint density at radius 2 is 2.21 bits per heavy atom. The minimum atomic E-state index is -0.143. The maximum absolute atomic E-state index is 11.9. The zero-order valence-corrected chi connectivity index (χ0v) is 10.2. The fraction of sp³-hybridized carbons (Fsp3) is 0.154. The van der Waals surface area contributed by atoms with Crippen molar-refractivity contribution in [1.82, 2.24) is 19.6 Å². The fourth-order valence-corrected chi connectivity index (χ4v) is 1.97. The van der Waals surface area contributed by atoms with Gasteiger partial charge in [0.15, 0.2) is 5.65 Å². The molecule has 0 saturated heterocycles. The van der Waals surface area contributed by atoms with Crippen LogP contribution in [0.15, 0.2) is 41.3 Å². The number of nitrogens with zero attached hydrogens (tertiary/aromatic N) is 3. The van der Waals surface area contributed by atoms with E-state index in [1.54, 1.807) is 6.20 Å². The van der Waals surface area contributed by atoms with Crippen molar-refractivity contribution in [3.63, 3.8) is 0 Å². The first-order chi connectivity index (χ1) is 9.28. The summed E-state index contributed by atoms with van der Waals surface area (Å²) in [5.74, 6) is 0. The van der Waals surface area contributed by atoms with Crippen LogP contribution in [0, 0.1) is 0 Å². The minimum absolute atomic E-state index is 0.143. The van der Waals surface area contributed by atoms with E-state index in [1.807, 2.05) is 24.3 Å². The molecule has 19 heavy (non-hydrogen) atoms. The standard InChI is InChI=1S/C13H13N5O/c14-5-4-9-7-13(19)18-12(16-9)8-11(17-18)10-3-1-2-6-15-10/h1-3,6-8,17H,4-5,14H2. The lowest BCUT2D eigenvalue weighted by Gasteiger charge is -1.97. The Kier molecular flexibility index (Phi) is 2.85. The molecule has 0 saturated carbocycles. The van der Waals surface area contributed by atoms with Gasteiger partial charge in [-0.3, -0.25) is 14.9 Å². The number of aromatic nitrogens is 4. The summed E-state index contributed by atoms with van der Waals surface area (Å²) >= 11 is 0. The van der Waals surface area contributed by atoms with Crippen molar-refractivity contribution in [3.05, 3.63) is 52.6 Å². The highest BCUT2D eigenvalue weighted by atomic mass is 16.1. The molecular weight excluding hydrogens is 242 g/mol. The summed E-state index contributed by atoms with van der Waals surface area (Å²) in [6.07, 6.45) is 2.30. The zero-order chi connectivity index (χ0) is 13.2. The highest BCUT2D eigenvalue weighted by Gasteiger charge is 2.08. The third kappa shape index (κ3) is 2.13. The highest BCUT2D eigenvalue weighted by Crippen LogP contribution is 2.15. The second-order valence-corrected chi connectivity index (χ2v) is 4.20. The molecule has 96 valence electrons. The summed E-state index contributed by atoms with van der Waals surface area (Å²) in [5.41, 5.74) is 8.16. The topological polar surface area (TPSA) is 89.1 Å². The van der Waals surface area contributed by atoms with Crippen molar-refractivity contribution in [1.29, 1.82) is 0 Å². The molecule has 3 N–H and O–H groups in total. The van der Waals surface area contributed by atoms with Gasteiger partial charge in [-0.2, -0.15) is 0 Å². The second-order valence-electron chi connectivity index (χ2n) is 4.20. The molecule has 0 unspecified atom stereocenters. The van der Waals surface area contributed by atoms with E-state index in [0.717, 1.165) is 11.4 Å². The highest BCUT2D eigenvalue weighted by molar-refractivity contribution is 5.60. The number of pyridine rings is 1. The molecule has 6 heteroatoms. The van der Waals surface area contributed by atoms with Gasteiger partial charge in [0.25, 0.3) is 5.56 Å². The molecule has 0 spiro atoms. The average molecular weight is 255 g/mol. The van der Waals surface area contributed by atoms with Crippen LogP contribution in [0.1, 0.15) is 5.69 Å². The molecule has 3 heterocycles. The van der Waals surface area contributed by atoms with Crippen LogP contribution in [0.2, 0.25) is 0 Å². The summed E-state index contributed by atoms with van der Waals surface area (Å²) in [5, 5.41) is 3.00. The average Bonchev–Trinajstić information content (AvgIpc) is 2.85. The minimum Gasteiger partial charge on any atom is -0.330 e. The Labute approximate surface area is 108 Å². The van der Waals surface area contributed by atoms with Crippen molar-refractivity contribution in [3.8, 4) is 11.4 Å². The van der Waals surface area contributed by atoms with Crippen LogP contribution in [-0.4, -0.2) is 26.1 Å². The molecular formula is C13H13N5O. The van der Waals surface area contributed by atoms with Crippen LogP contribution in [0.3, 0.4) is 0 Å². The maximum Gasteiger partial charge on any atom is 0.272 e. The summed E-state index contributed by atoms with van der Waals surface area (Å²) < 4.78 is 1.41. The third-order valence-corrected chi connectivity index (χ3v) is 2.84. The molecule has 0 radical (unpaired) electrons. The summed E-state index contributed by atoms with van der Waals surface area (Å²) in [4.78, 5) is 20.6. The number of hydrogen-bond acceptors (Lipinski definition) is 4. The monoisotopic (exact) mass is 255 g/mol. The Balaban J connectivity index is 2.16. The molecule has 0 fully saturated rings. The molecule has 0 aromatic carbocycles. The van der Waals surface area contributed by atoms with Gasteiger partial charge in [0.1, 0.15) is 0 Å². The van der Waals surface area contributed by atoms with Crippen LogP contribution in [0.25, 0.3) is 17.0 Å². The van der Waals surface area contributed by atoms with E-state index in [4.69, 9.17) is 5.73 Å². The van der Waals surface area contributed by atoms with Crippen LogP contribution in [0.5, 0.6) is 0 Å². The van der Waals surface area contributed by atoms with Crippen LogP contribution < -0.4 is 11.3 Å². The van der Waals surface area contributed by atoms with Gasteiger partial charge in [-0.15, -0.1) is 0 Å². The molecule has 0 bridgehead atoms. The first kappa shape index (κ1) is 11.6. The Bertz CT molecular complexity index is 760. The molecule has 0 aliphatic heterocycles. The number of H-pyrrole nitrogens is 1. The Morgan fingerprint density at radius 3 is 2.95 bits per heavy atom. The van der Waals surface area contributed by atoms with Crippen molar-refractivity contribution < 1.29 is 0 Å². The van der Waals surface area contributed by atoms with Gasteiger partial charge < -0.3 is 5.73 Å². The smallest absolute Gasteiger partial charge is 0.272 e. The van der Waals surface area contributed by atoms with E-state index < -0.39 is 0 Å². The van der Waals surface area contributed by atoms with Crippen LogP contribution in [-0.2, 0) is 6.42 Å². The predicted molar refractivity (Wildman–Crippen MR) is 71.8 cm³/mol. The lowest BCUT2D eigenvalue weighted by molar-refractivity contribution is 0.857. The molecule has 3 aromatic rings. The molecule has 0 atom stereocenters. The number of fused-ring (bicyclic) bond motifs is 1. The van der Waals surface area contributed by atoms with E-state index >= 15 is 0 Å². The van der Waals surface area contributed by atoms with Gasteiger partial charge >= 0.3 is 0 Å². The SMILES string of the molecule is NCCc1cc(=O)n2[nH]c(-c3ccccn3)cc2n1. The number of nitrogens with one attached hydrogen (secondary N) is 1. The van der Waals surface area contributed by atoms with Gasteiger partial charge in [-0.05, 0) is 18.7 Å². The van der Waals surface area contributed by atoms with E-state index in [1.165, 1.54) is 10.6 Å². The lowest BCUT2D eigenvalue weighted by atomic mass is 10.3. The van der Waals surface area contributed by atoms with Gasteiger partial charge in [-0.1, -0.05) is 6.07 Å². The summed E-state index contributed by atoms with van der Waals surface area (Å²) in [6, 6.07) is 8.92. The number of hydrogen-bond donors (Lipinski definition) is 2.